The number of nitrogen functional groups attached to an aromatic ring is 1. The molecule has 2 aromatic rings. The molecule has 2 rings (SSSR count). The van der Waals surface area contributed by atoms with Gasteiger partial charge in [0.2, 0.25) is 0 Å². The highest BCUT2D eigenvalue weighted by Crippen LogP contribution is 2.28. The van der Waals surface area contributed by atoms with Crippen LogP contribution in [0.1, 0.15) is 15.9 Å². The van der Waals surface area contributed by atoms with E-state index in [1.54, 1.807) is 12.1 Å². The average molecular weight is 336 g/mol. The lowest BCUT2D eigenvalue weighted by atomic mass is 10.1. The molecule has 0 fully saturated rings. The lowest BCUT2D eigenvalue weighted by molar-refractivity contribution is 0.102. The number of methoxy groups -OCH3 is 1. The molecule has 1 aromatic heterocycles. The molecule has 0 saturated carbocycles. The predicted molar refractivity (Wildman–Crippen MR) is 82.0 cm³/mol. The molecule has 104 valence electrons. The summed E-state index contributed by atoms with van der Waals surface area (Å²) in [7, 11) is 1.49. The molecule has 1 amide bonds. The van der Waals surface area contributed by atoms with Gasteiger partial charge in [0, 0.05) is 16.4 Å². The van der Waals surface area contributed by atoms with Gasteiger partial charge in [-0.1, -0.05) is 0 Å². The monoisotopic (exact) mass is 335 g/mol. The van der Waals surface area contributed by atoms with Gasteiger partial charge in [-0.3, -0.25) is 9.78 Å². The molecular formula is C14H14BrN3O2. The van der Waals surface area contributed by atoms with E-state index in [0.29, 0.717) is 22.7 Å². The van der Waals surface area contributed by atoms with Gasteiger partial charge in [-0.25, -0.2) is 0 Å². The summed E-state index contributed by atoms with van der Waals surface area (Å²) in [4.78, 5) is 16.2. The zero-order valence-electron chi connectivity index (χ0n) is 11.1. The molecular weight excluding hydrogens is 322 g/mol. The Hall–Kier alpha value is -2.08. The van der Waals surface area contributed by atoms with Gasteiger partial charge in [0.1, 0.15) is 5.75 Å². The Morgan fingerprint density at radius 1 is 1.45 bits per heavy atom. The molecule has 0 aliphatic rings. The quantitative estimate of drug-likeness (QED) is 0.845. The van der Waals surface area contributed by atoms with E-state index >= 15 is 0 Å². The molecule has 6 heteroatoms. The largest absolute Gasteiger partial charge is 0.494 e. The first-order chi connectivity index (χ1) is 9.52. The van der Waals surface area contributed by atoms with E-state index in [1.807, 2.05) is 13.0 Å². The van der Waals surface area contributed by atoms with E-state index in [1.165, 1.54) is 19.5 Å². The van der Waals surface area contributed by atoms with E-state index in [2.05, 4.69) is 26.2 Å². The maximum atomic E-state index is 12.3. The van der Waals surface area contributed by atoms with Crippen molar-refractivity contribution in [2.24, 2.45) is 0 Å². The lowest BCUT2D eigenvalue weighted by Crippen LogP contribution is -2.14. The number of carbonyl (C=O) groups is 1. The van der Waals surface area contributed by atoms with Gasteiger partial charge >= 0.3 is 0 Å². The molecule has 0 aliphatic heterocycles. The third-order valence-electron chi connectivity index (χ3n) is 2.85. The number of nitrogens with two attached hydrogens (primary N) is 1. The van der Waals surface area contributed by atoms with Crippen molar-refractivity contribution in [3.05, 3.63) is 46.2 Å². The Morgan fingerprint density at radius 3 is 2.90 bits per heavy atom. The van der Waals surface area contributed by atoms with Crippen LogP contribution < -0.4 is 15.8 Å². The van der Waals surface area contributed by atoms with Crippen molar-refractivity contribution in [1.29, 1.82) is 0 Å². The van der Waals surface area contributed by atoms with Crippen LogP contribution in [0, 0.1) is 6.92 Å². The van der Waals surface area contributed by atoms with Gasteiger partial charge in [-0.2, -0.15) is 0 Å². The summed E-state index contributed by atoms with van der Waals surface area (Å²) in [5, 5.41) is 2.80. The number of nitrogens with zero attached hydrogens (tertiary/aromatic N) is 1. The summed E-state index contributed by atoms with van der Waals surface area (Å²) in [6.45, 7) is 1.90. The smallest absolute Gasteiger partial charge is 0.259 e. The number of hydrogen-bond acceptors (Lipinski definition) is 4. The van der Waals surface area contributed by atoms with Crippen molar-refractivity contribution in [3.8, 4) is 5.75 Å². The second kappa shape index (κ2) is 5.92. The fraction of sp³-hybridized carbons (Fsp3) is 0.143. The number of hydrogen-bond donors (Lipinski definition) is 2. The third-order valence-corrected chi connectivity index (χ3v) is 3.51. The molecule has 0 aliphatic carbocycles. The molecule has 5 nitrogen and oxygen atoms in total. The number of carbonyl (C=O) groups excluding carboxylic acids is 1. The number of benzene rings is 1. The highest BCUT2D eigenvalue weighted by Gasteiger charge is 2.14. The third kappa shape index (κ3) is 2.91. The normalized spacial score (nSPS) is 10.2. The van der Waals surface area contributed by atoms with Crippen LogP contribution in [0.15, 0.2) is 35.1 Å². The molecule has 0 saturated heterocycles. The van der Waals surface area contributed by atoms with Crippen molar-refractivity contribution >= 4 is 33.2 Å². The zero-order chi connectivity index (χ0) is 14.7. The minimum atomic E-state index is -0.284. The molecule has 20 heavy (non-hydrogen) atoms. The number of aromatic nitrogens is 1. The summed E-state index contributed by atoms with van der Waals surface area (Å²) in [5.74, 6) is 0.134. The van der Waals surface area contributed by atoms with Gasteiger partial charge in [0.15, 0.2) is 0 Å². The molecule has 1 heterocycles. The van der Waals surface area contributed by atoms with Crippen molar-refractivity contribution in [2.45, 2.75) is 6.92 Å². The number of anilines is 2. The van der Waals surface area contributed by atoms with Crippen LogP contribution in [0.5, 0.6) is 5.75 Å². The molecule has 0 unspecified atom stereocenters. The van der Waals surface area contributed by atoms with Crippen LogP contribution in [0.2, 0.25) is 0 Å². The van der Waals surface area contributed by atoms with E-state index in [-0.39, 0.29) is 5.91 Å². The lowest BCUT2D eigenvalue weighted by Gasteiger charge is -2.11. The number of pyridine rings is 1. The Bertz CT molecular complexity index is 659. The Morgan fingerprint density at radius 2 is 2.20 bits per heavy atom. The van der Waals surface area contributed by atoms with E-state index in [4.69, 9.17) is 10.5 Å². The van der Waals surface area contributed by atoms with Crippen LogP contribution in [0.3, 0.4) is 0 Å². The standard InChI is InChI=1S/C14H14BrN3O2/c1-8-5-10(15)12(6-11(8)16)18-14(19)9-3-4-17-7-13(9)20-2/h3-7H,16H2,1-2H3,(H,18,19). The van der Waals surface area contributed by atoms with Crippen LogP contribution in [-0.4, -0.2) is 18.0 Å². The second-order valence-electron chi connectivity index (χ2n) is 4.22. The number of ether oxygens (including phenoxy) is 1. The van der Waals surface area contributed by atoms with Crippen molar-refractivity contribution < 1.29 is 9.53 Å². The van der Waals surface area contributed by atoms with Gasteiger partial charge in [0.05, 0.1) is 24.6 Å². The fourth-order valence-electron chi connectivity index (χ4n) is 1.71. The molecule has 0 radical (unpaired) electrons. The summed E-state index contributed by atoms with van der Waals surface area (Å²) in [5.41, 5.74) is 8.43. The van der Waals surface area contributed by atoms with E-state index in [0.717, 1.165) is 10.0 Å². The Labute approximate surface area is 125 Å². The highest BCUT2D eigenvalue weighted by atomic mass is 79.9. The topological polar surface area (TPSA) is 77.2 Å². The Balaban J connectivity index is 2.30. The summed E-state index contributed by atoms with van der Waals surface area (Å²) in [6.07, 6.45) is 3.03. The van der Waals surface area contributed by atoms with E-state index in [9.17, 15) is 4.79 Å². The summed E-state index contributed by atoms with van der Waals surface area (Å²) < 4.78 is 5.89. The van der Waals surface area contributed by atoms with Gasteiger partial charge in [-0.15, -0.1) is 0 Å². The summed E-state index contributed by atoms with van der Waals surface area (Å²) >= 11 is 3.40. The highest BCUT2D eigenvalue weighted by molar-refractivity contribution is 9.10. The number of halogens is 1. The minimum absolute atomic E-state index is 0.284. The predicted octanol–water partition coefficient (Wildman–Crippen LogP) is 3.00. The number of rotatable bonds is 3. The molecule has 0 bridgehead atoms. The fourth-order valence-corrected chi connectivity index (χ4v) is 2.26. The second-order valence-corrected chi connectivity index (χ2v) is 5.07. The molecule has 3 N–H and O–H groups in total. The average Bonchev–Trinajstić information content (AvgIpc) is 2.44. The molecule has 1 aromatic carbocycles. The first-order valence-electron chi connectivity index (χ1n) is 5.88. The SMILES string of the molecule is COc1cnccc1C(=O)Nc1cc(N)c(C)cc1Br. The van der Waals surface area contributed by atoms with Crippen LogP contribution >= 0.6 is 15.9 Å². The van der Waals surface area contributed by atoms with Crippen molar-refractivity contribution in [3.63, 3.8) is 0 Å². The first-order valence-corrected chi connectivity index (χ1v) is 6.67. The van der Waals surface area contributed by atoms with Crippen LogP contribution in [0.4, 0.5) is 11.4 Å². The minimum Gasteiger partial charge on any atom is -0.494 e. The Kier molecular flexibility index (Phi) is 4.24. The summed E-state index contributed by atoms with van der Waals surface area (Å²) in [6, 6.07) is 5.17. The van der Waals surface area contributed by atoms with Gasteiger partial charge in [0.25, 0.3) is 5.91 Å². The maximum absolute atomic E-state index is 12.3. The van der Waals surface area contributed by atoms with Crippen LogP contribution in [0.25, 0.3) is 0 Å². The first kappa shape index (κ1) is 14.3. The maximum Gasteiger partial charge on any atom is 0.259 e. The van der Waals surface area contributed by atoms with Crippen molar-refractivity contribution in [1.82, 2.24) is 4.98 Å². The van der Waals surface area contributed by atoms with Crippen LogP contribution in [-0.2, 0) is 0 Å². The number of nitrogens with one attached hydrogen (secondary N) is 1. The van der Waals surface area contributed by atoms with E-state index < -0.39 is 0 Å². The number of amides is 1. The number of aryl methyl sites for hydroxylation is 1. The van der Waals surface area contributed by atoms with Gasteiger partial charge in [-0.05, 0) is 46.6 Å². The van der Waals surface area contributed by atoms with Gasteiger partial charge < -0.3 is 15.8 Å². The molecule has 0 spiro atoms. The zero-order valence-corrected chi connectivity index (χ0v) is 12.7. The van der Waals surface area contributed by atoms with Crippen molar-refractivity contribution in [2.75, 3.05) is 18.2 Å². The molecule has 0 atom stereocenters.